The van der Waals surface area contributed by atoms with Crippen LogP contribution in [-0.2, 0) is 23.9 Å². The Hall–Kier alpha value is -3.44. The molecule has 5 rings (SSSR count). The maximum atomic E-state index is 13.2. The second-order valence-electron chi connectivity index (χ2n) is 8.90. The quantitative estimate of drug-likeness (QED) is 0.469. The van der Waals surface area contributed by atoms with Gasteiger partial charge in [-0.3, -0.25) is 14.3 Å². The first kappa shape index (κ1) is 24.7. The molecule has 5 atom stereocenters. The molecule has 3 aliphatic rings. The van der Waals surface area contributed by atoms with Crippen molar-refractivity contribution in [2.24, 2.45) is 5.73 Å². The lowest BCUT2D eigenvalue weighted by atomic mass is 9.95. The van der Waals surface area contributed by atoms with E-state index in [2.05, 4.69) is 5.32 Å². The number of ether oxygens (including phenoxy) is 2. The number of fused-ring (bicyclic) bond motifs is 2. The number of hydrogen-bond donors (Lipinski definition) is 2. The zero-order valence-corrected chi connectivity index (χ0v) is 19.7. The highest BCUT2D eigenvalue weighted by molar-refractivity contribution is 8.01. The van der Waals surface area contributed by atoms with E-state index in [9.17, 15) is 19.2 Å². The summed E-state index contributed by atoms with van der Waals surface area (Å²) in [5.74, 6) is -2.09. The highest BCUT2D eigenvalue weighted by Gasteiger charge is 2.65. The van der Waals surface area contributed by atoms with Gasteiger partial charge in [-0.05, 0) is 25.5 Å². The van der Waals surface area contributed by atoms with Crippen LogP contribution >= 0.6 is 11.8 Å². The number of hydrogen-bond acceptors (Lipinski definition) is 8. The summed E-state index contributed by atoms with van der Waals surface area (Å²) >= 11 is 1.40. The topological polar surface area (TPSA) is 128 Å². The fourth-order valence-electron chi connectivity index (χ4n) is 4.55. The number of cyclic esters (lactones) is 1. The van der Waals surface area contributed by atoms with Gasteiger partial charge in [0.25, 0.3) is 6.29 Å². The van der Waals surface area contributed by atoms with Gasteiger partial charge < -0.3 is 25.4 Å². The summed E-state index contributed by atoms with van der Waals surface area (Å²) in [7, 11) is 0. The Bertz CT molecular complexity index is 1190. The van der Waals surface area contributed by atoms with Crippen LogP contribution in [0, 0.1) is 0 Å². The van der Waals surface area contributed by atoms with Crippen LogP contribution in [0.1, 0.15) is 47.7 Å². The normalized spacial score (nSPS) is 26.4. The molecule has 2 saturated heterocycles. The molecule has 2 fully saturated rings. The number of nitrogens with zero attached hydrogens (tertiary/aromatic N) is 1. The minimum Gasteiger partial charge on any atom is -0.419 e. The highest BCUT2D eigenvalue weighted by atomic mass is 32.2. The molecule has 11 heteroatoms. The minimum absolute atomic E-state index is 0. The van der Waals surface area contributed by atoms with Crippen LogP contribution in [0.3, 0.4) is 0 Å². The first-order valence-electron chi connectivity index (χ1n) is 10.8. The lowest BCUT2D eigenvalue weighted by Gasteiger charge is -2.44. The zero-order valence-electron chi connectivity index (χ0n) is 18.9. The molecule has 0 bridgehead atoms. The Morgan fingerprint density at radius 2 is 1.77 bits per heavy atom. The van der Waals surface area contributed by atoms with Crippen molar-refractivity contribution >= 4 is 35.5 Å². The predicted octanol–water partition coefficient (Wildman–Crippen LogP) is 1.80. The number of rotatable bonds is 5. The summed E-state index contributed by atoms with van der Waals surface area (Å²) in [5.41, 5.74) is 7.51. The average Bonchev–Trinajstić information content (AvgIpc) is 3.28. The van der Waals surface area contributed by atoms with Crippen LogP contribution in [0.25, 0.3) is 0 Å². The first-order valence-corrected chi connectivity index (χ1v) is 11.7. The molecule has 0 spiro atoms. The van der Waals surface area contributed by atoms with E-state index >= 15 is 0 Å². The molecule has 35 heavy (non-hydrogen) atoms. The summed E-state index contributed by atoms with van der Waals surface area (Å²) in [5, 5.41) is 2.29. The molecule has 3 heterocycles. The Morgan fingerprint density at radius 3 is 2.49 bits per heavy atom. The average molecular weight is 502 g/mol. The molecular weight excluding hydrogens is 477 g/mol. The van der Waals surface area contributed by atoms with E-state index in [1.165, 1.54) is 16.7 Å². The van der Waals surface area contributed by atoms with Crippen molar-refractivity contribution in [3.05, 3.63) is 71.3 Å². The number of carbonyl (C=O) groups is 4. The summed E-state index contributed by atoms with van der Waals surface area (Å²) < 4.78 is 10.1. The van der Waals surface area contributed by atoms with Gasteiger partial charge in [0.05, 0.1) is 5.56 Å². The van der Waals surface area contributed by atoms with Crippen LogP contribution in [0.15, 0.2) is 54.6 Å². The predicted molar refractivity (Wildman–Crippen MR) is 125 cm³/mol. The fourth-order valence-corrected chi connectivity index (χ4v) is 6.17. The largest absolute Gasteiger partial charge is 0.419 e. The van der Waals surface area contributed by atoms with Gasteiger partial charge >= 0.3 is 11.9 Å². The molecule has 9 nitrogen and oxygen atoms in total. The number of thioether (sulfide) groups is 1. The molecule has 1 unspecified atom stereocenters. The molecule has 2 aromatic rings. The lowest BCUT2D eigenvalue weighted by molar-refractivity contribution is -0.180. The van der Waals surface area contributed by atoms with E-state index < -0.39 is 52.4 Å². The molecule has 2 amide bonds. The fraction of sp³-hybridized carbons (Fsp3) is 0.333. The van der Waals surface area contributed by atoms with Gasteiger partial charge in [0, 0.05) is 10.3 Å². The van der Waals surface area contributed by atoms with Gasteiger partial charge in [0.2, 0.25) is 11.8 Å². The summed E-state index contributed by atoms with van der Waals surface area (Å²) in [6.45, 7) is 3.66. The minimum atomic E-state index is -1.16. The third kappa shape index (κ3) is 4.04. The van der Waals surface area contributed by atoms with Gasteiger partial charge in [-0.25, -0.2) is 9.59 Å². The van der Waals surface area contributed by atoms with Crippen molar-refractivity contribution in [3.8, 4) is 0 Å². The van der Waals surface area contributed by atoms with Crippen molar-refractivity contribution in [2.75, 3.05) is 0 Å². The van der Waals surface area contributed by atoms with Gasteiger partial charge in [0.1, 0.15) is 23.5 Å². The number of nitrogens with one attached hydrogen (secondary N) is 1. The molecule has 3 N–H and O–H groups in total. The first-order chi connectivity index (χ1) is 16.2. The van der Waals surface area contributed by atoms with E-state index in [0.717, 1.165) is 0 Å². The third-order valence-electron chi connectivity index (χ3n) is 6.28. The molecule has 0 aliphatic carbocycles. The molecule has 184 valence electrons. The molecule has 3 aliphatic heterocycles. The lowest BCUT2D eigenvalue weighted by Crippen LogP contribution is -2.71. The van der Waals surface area contributed by atoms with Crippen LogP contribution < -0.4 is 11.1 Å². The number of nitrogens with two attached hydrogens (primary N) is 1. The number of halogens is 1. The molecular formula is C24H24FN3O6S. The number of amides is 2. The van der Waals surface area contributed by atoms with Crippen molar-refractivity contribution in [1.29, 1.82) is 0 Å². The Kier molecular flexibility index (Phi) is 6.32. The number of esters is 2. The van der Waals surface area contributed by atoms with Crippen LogP contribution in [-0.4, -0.2) is 50.9 Å². The summed E-state index contributed by atoms with van der Waals surface area (Å²) in [6, 6.07) is 12.9. The van der Waals surface area contributed by atoms with Crippen LogP contribution in [0.4, 0.5) is 4.70 Å². The highest BCUT2D eigenvalue weighted by Crippen LogP contribution is 2.51. The number of carbonyl (C=O) groups excluding carboxylic acids is 4. The zero-order chi connectivity index (χ0) is 24.2. The standard InChI is InChI=1S/C24H23N3O6S.FH/c1-24(2)17(22(31)33-23-14-11-7-6-10-13(14)21(30)32-23)27-19(29)16(20(27)34-24)26-18(28)15(25)12-8-4-3-5-9-12;/h3-11,15-17,20,23H,25H2,1-2H3,(H,26,28);1H/t15-,16-,17+,20-,23?;/m1./s1. The molecule has 0 radical (unpaired) electrons. The van der Waals surface area contributed by atoms with E-state index in [1.807, 2.05) is 19.9 Å². The van der Waals surface area contributed by atoms with Crippen molar-refractivity contribution in [2.45, 2.75) is 48.4 Å². The van der Waals surface area contributed by atoms with Gasteiger partial charge in [-0.15, -0.1) is 11.8 Å². The molecule has 0 saturated carbocycles. The molecule has 2 aromatic carbocycles. The summed E-state index contributed by atoms with van der Waals surface area (Å²) in [4.78, 5) is 52.3. The monoisotopic (exact) mass is 501 g/mol. The second kappa shape index (κ2) is 8.97. The van der Waals surface area contributed by atoms with E-state index in [1.54, 1.807) is 48.5 Å². The van der Waals surface area contributed by atoms with Gasteiger partial charge in [0.15, 0.2) is 0 Å². The Labute approximate surface area is 204 Å². The van der Waals surface area contributed by atoms with Crippen LogP contribution in [0.5, 0.6) is 0 Å². The number of benzene rings is 2. The van der Waals surface area contributed by atoms with E-state index in [0.29, 0.717) is 16.7 Å². The smallest absolute Gasteiger partial charge is 0.342 e. The van der Waals surface area contributed by atoms with Gasteiger partial charge in [-0.2, -0.15) is 0 Å². The summed E-state index contributed by atoms with van der Waals surface area (Å²) in [6.07, 6.45) is -1.16. The third-order valence-corrected chi connectivity index (χ3v) is 7.85. The SMILES string of the molecule is CC1(C)S[C@@H]2[C@H](NC(=O)[C@H](N)c3ccccc3)C(=O)N2[C@H]1C(=O)OC1OC(=O)c2ccccc21.F. The van der Waals surface area contributed by atoms with Crippen molar-refractivity contribution in [1.82, 2.24) is 10.2 Å². The van der Waals surface area contributed by atoms with Crippen molar-refractivity contribution in [3.63, 3.8) is 0 Å². The Morgan fingerprint density at radius 1 is 1.11 bits per heavy atom. The molecule has 0 aromatic heterocycles. The van der Waals surface area contributed by atoms with E-state index in [4.69, 9.17) is 15.2 Å². The number of β-lactam (4-membered cyclic amide) rings is 1. The maximum Gasteiger partial charge on any atom is 0.342 e. The van der Waals surface area contributed by atoms with Crippen LogP contribution in [0.2, 0.25) is 0 Å². The second-order valence-corrected chi connectivity index (χ2v) is 10.7. The van der Waals surface area contributed by atoms with E-state index in [-0.39, 0.29) is 10.6 Å². The Balaban J connectivity index is 0.00000289. The van der Waals surface area contributed by atoms with Crippen molar-refractivity contribution < 1.29 is 33.4 Å². The van der Waals surface area contributed by atoms with Gasteiger partial charge in [-0.1, -0.05) is 48.5 Å². The maximum absolute atomic E-state index is 13.2.